The number of nitrogens with zero attached hydrogens (tertiary/aromatic N) is 5. The zero-order valence-corrected chi connectivity index (χ0v) is 27.9. The Balaban J connectivity index is 1.35. The molecular formula is C35H42FN7OS. The lowest BCUT2D eigenvalue weighted by Gasteiger charge is -2.34. The first-order valence-electron chi connectivity index (χ1n) is 15.4. The highest BCUT2D eigenvalue weighted by atomic mass is 32.2. The van der Waals surface area contributed by atoms with Crippen molar-refractivity contribution < 1.29 is 9.18 Å². The minimum absolute atomic E-state index is 0.0134. The van der Waals surface area contributed by atoms with Crippen molar-refractivity contribution in [3.63, 3.8) is 0 Å². The first kappa shape index (κ1) is 32.3. The van der Waals surface area contributed by atoms with Gasteiger partial charge in [0.2, 0.25) is 5.95 Å². The van der Waals surface area contributed by atoms with E-state index in [1.54, 1.807) is 24.3 Å². The topological polar surface area (TPSA) is 95.9 Å². The van der Waals surface area contributed by atoms with Gasteiger partial charge < -0.3 is 10.2 Å². The molecule has 4 aromatic rings. The van der Waals surface area contributed by atoms with Crippen molar-refractivity contribution in [1.82, 2.24) is 24.7 Å². The molecule has 0 radical (unpaired) electrons. The molecule has 0 aromatic carbocycles. The number of hydrogen-bond acceptors (Lipinski definition) is 8. The second kappa shape index (κ2) is 13.1. The molecule has 0 saturated carbocycles. The second-order valence-electron chi connectivity index (χ2n) is 13.4. The van der Waals surface area contributed by atoms with E-state index in [0.29, 0.717) is 39.5 Å². The summed E-state index contributed by atoms with van der Waals surface area (Å²) < 4.78 is 16.9. The molecule has 236 valence electrons. The van der Waals surface area contributed by atoms with Crippen LogP contribution >= 0.6 is 11.9 Å². The van der Waals surface area contributed by atoms with Crippen molar-refractivity contribution in [2.45, 2.75) is 83.3 Å². The highest BCUT2D eigenvalue weighted by molar-refractivity contribution is 7.97. The fourth-order valence-corrected chi connectivity index (χ4v) is 6.46. The molecule has 45 heavy (non-hydrogen) atoms. The number of pyridine rings is 4. The van der Waals surface area contributed by atoms with Crippen LogP contribution in [-0.2, 0) is 5.41 Å². The van der Waals surface area contributed by atoms with Gasteiger partial charge in [0.25, 0.3) is 5.91 Å². The molecule has 2 atom stereocenters. The molecule has 1 fully saturated rings. The van der Waals surface area contributed by atoms with Gasteiger partial charge in [0, 0.05) is 30.2 Å². The predicted molar refractivity (Wildman–Crippen MR) is 180 cm³/mol. The maximum atomic E-state index is 13.9. The Bertz CT molecular complexity index is 1670. The lowest BCUT2D eigenvalue weighted by molar-refractivity contribution is 0.0984. The molecule has 0 spiro atoms. The summed E-state index contributed by atoms with van der Waals surface area (Å²) in [6.07, 6.45) is 3.66. The van der Waals surface area contributed by atoms with Gasteiger partial charge in [-0.3, -0.25) is 14.5 Å². The van der Waals surface area contributed by atoms with E-state index in [9.17, 15) is 9.18 Å². The fourth-order valence-electron chi connectivity index (χ4n) is 5.86. The van der Waals surface area contributed by atoms with Crippen molar-refractivity contribution >= 4 is 29.5 Å². The largest absolute Gasteiger partial charge is 0.362 e. The average Bonchev–Trinajstić information content (AvgIpc) is 3.29. The summed E-state index contributed by atoms with van der Waals surface area (Å²) in [5.41, 5.74) is 3.39. The SMILES string of the molecule is CCC(Nc1cccc(SNC(=O)c2ccc(-c3cccc(F)n3)nc2N2CC(C)CC2(C)C)n1)c1cc(C(C)(C)C)ccn1. The fraction of sp³-hybridized carbons (Fsp3) is 0.400. The number of hydrogen-bond donors (Lipinski definition) is 2. The Morgan fingerprint density at radius 3 is 2.51 bits per heavy atom. The van der Waals surface area contributed by atoms with E-state index < -0.39 is 5.95 Å². The molecule has 10 heteroatoms. The van der Waals surface area contributed by atoms with Crippen LogP contribution in [0.4, 0.5) is 16.0 Å². The van der Waals surface area contributed by atoms with Gasteiger partial charge in [0.05, 0.1) is 28.7 Å². The summed E-state index contributed by atoms with van der Waals surface area (Å²) in [5.74, 6) is 0.830. The Labute approximate surface area is 269 Å². The molecule has 1 aliphatic heterocycles. The molecular weight excluding hydrogens is 585 g/mol. The highest BCUT2D eigenvalue weighted by Crippen LogP contribution is 2.38. The van der Waals surface area contributed by atoms with Crippen LogP contribution in [0.3, 0.4) is 0 Å². The molecule has 8 nitrogen and oxygen atoms in total. The third-order valence-corrected chi connectivity index (χ3v) is 8.86. The number of anilines is 2. The van der Waals surface area contributed by atoms with Gasteiger partial charge in [-0.2, -0.15) is 4.39 Å². The molecule has 1 amide bonds. The van der Waals surface area contributed by atoms with Crippen LogP contribution in [0.15, 0.2) is 71.9 Å². The van der Waals surface area contributed by atoms with Gasteiger partial charge in [-0.05, 0) is 92.1 Å². The van der Waals surface area contributed by atoms with Crippen molar-refractivity contribution in [3.05, 3.63) is 89.6 Å². The number of aromatic nitrogens is 4. The number of amides is 1. The van der Waals surface area contributed by atoms with Gasteiger partial charge >= 0.3 is 0 Å². The van der Waals surface area contributed by atoms with E-state index in [-0.39, 0.29) is 22.9 Å². The Morgan fingerprint density at radius 2 is 1.82 bits per heavy atom. The Hall–Kier alpha value is -4.05. The molecule has 0 bridgehead atoms. The first-order chi connectivity index (χ1) is 21.3. The molecule has 4 aromatic heterocycles. The average molecular weight is 628 g/mol. The summed E-state index contributed by atoms with van der Waals surface area (Å²) in [6, 6.07) is 18.0. The van der Waals surface area contributed by atoms with Crippen molar-refractivity contribution in [2.24, 2.45) is 5.92 Å². The standard InChI is InChI=1S/C35H42FN7OS/c1-8-25(28-19-23(17-18-37-28)34(3,4)5)39-30-13-10-14-31(41-30)45-42-33(44)24-15-16-27(26-11-9-12-29(36)38-26)40-32(24)43-21-22(2)20-35(43,6)7/h9-19,22,25H,8,20-21H2,1-7H3,(H,39,41)(H,42,44). The van der Waals surface area contributed by atoms with E-state index in [2.05, 4.69) is 85.5 Å². The number of carbonyl (C=O) groups excluding carboxylic acids is 1. The maximum Gasteiger partial charge on any atom is 0.265 e. The van der Waals surface area contributed by atoms with Crippen molar-refractivity contribution in [3.8, 4) is 11.4 Å². The van der Waals surface area contributed by atoms with E-state index in [1.165, 1.54) is 11.6 Å². The number of carbonyl (C=O) groups is 1. The number of rotatable bonds is 9. The lowest BCUT2D eigenvalue weighted by atomic mass is 9.87. The van der Waals surface area contributed by atoms with Crippen LogP contribution in [-0.4, -0.2) is 37.9 Å². The summed E-state index contributed by atoms with van der Waals surface area (Å²) in [7, 11) is 0. The molecule has 5 rings (SSSR count). The minimum atomic E-state index is -0.576. The summed E-state index contributed by atoms with van der Waals surface area (Å²) in [6.45, 7) is 16.0. The molecule has 0 aliphatic carbocycles. The van der Waals surface area contributed by atoms with Crippen LogP contribution in [0, 0.1) is 11.9 Å². The predicted octanol–water partition coefficient (Wildman–Crippen LogP) is 8.00. The van der Waals surface area contributed by atoms with Gasteiger partial charge in [0.15, 0.2) is 0 Å². The van der Waals surface area contributed by atoms with Crippen LogP contribution in [0.25, 0.3) is 11.4 Å². The van der Waals surface area contributed by atoms with Gasteiger partial charge in [-0.1, -0.05) is 46.8 Å². The van der Waals surface area contributed by atoms with Crippen LogP contribution in [0.5, 0.6) is 0 Å². The first-order valence-corrected chi connectivity index (χ1v) is 16.2. The Morgan fingerprint density at radius 1 is 1.07 bits per heavy atom. The monoisotopic (exact) mass is 627 g/mol. The van der Waals surface area contributed by atoms with E-state index in [1.807, 2.05) is 24.4 Å². The van der Waals surface area contributed by atoms with E-state index in [4.69, 9.17) is 9.97 Å². The summed E-state index contributed by atoms with van der Waals surface area (Å²) >= 11 is 1.15. The zero-order valence-electron chi connectivity index (χ0n) is 27.1. The highest BCUT2D eigenvalue weighted by Gasteiger charge is 2.39. The third kappa shape index (κ3) is 7.61. The van der Waals surface area contributed by atoms with Crippen molar-refractivity contribution in [2.75, 3.05) is 16.8 Å². The van der Waals surface area contributed by atoms with Gasteiger partial charge in [0.1, 0.15) is 16.7 Å². The summed E-state index contributed by atoms with van der Waals surface area (Å²) in [5, 5.41) is 4.16. The van der Waals surface area contributed by atoms with Crippen molar-refractivity contribution in [1.29, 1.82) is 0 Å². The third-order valence-electron chi connectivity index (χ3n) is 8.13. The molecule has 5 heterocycles. The minimum Gasteiger partial charge on any atom is -0.362 e. The van der Waals surface area contributed by atoms with Crippen LogP contribution in [0.2, 0.25) is 0 Å². The van der Waals surface area contributed by atoms with E-state index in [0.717, 1.165) is 37.0 Å². The zero-order chi connectivity index (χ0) is 32.4. The van der Waals surface area contributed by atoms with E-state index >= 15 is 0 Å². The Kier molecular flexibility index (Phi) is 9.44. The van der Waals surface area contributed by atoms with Gasteiger partial charge in [-0.15, -0.1) is 0 Å². The molecule has 2 N–H and O–H groups in total. The number of nitrogens with one attached hydrogen (secondary N) is 2. The quantitative estimate of drug-likeness (QED) is 0.142. The normalized spacial score (nSPS) is 16.8. The summed E-state index contributed by atoms with van der Waals surface area (Å²) in [4.78, 5) is 34.1. The van der Waals surface area contributed by atoms with Crippen LogP contribution < -0.4 is 14.9 Å². The van der Waals surface area contributed by atoms with Gasteiger partial charge in [-0.25, -0.2) is 15.0 Å². The molecule has 1 saturated heterocycles. The molecule has 2 unspecified atom stereocenters. The number of halogens is 1. The lowest BCUT2D eigenvalue weighted by Crippen LogP contribution is -2.40. The second-order valence-corrected chi connectivity index (χ2v) is 14.2. The molecule has 1 aliphatic rings. The smallest absolute Gasteiger partial charge is 0.265 e. The maximum absolute atomic E-state index is 13.9. The van der Waals surface area contributed by atoms with Crippen LogP contribution in [0.1, 0.15) is 89.0 Å².